The van der Waals surface area contributed by atoms with Crippen LogP contribution in [0.3, 0.4) is 0 Å². The van der Waals surface area contributed by atoms with Crippen LogP contribution in [0.2, 0.25) is 0 Å². The summed E-state index contributed by atoms with van der Waals surface area (Å²) in [6.07, 6.45) is 4.22. The third-order valence-corrected chi connectivity index (χ3v) is 3.00. The molecule has 0 unspecified atom stereocenters. The minimum absolute atomic E-state index is 0.0346. The molecule has 1 amide bonds. The summed E-state index contributed by atoms with van der Waals surface area (Å²) in [5, 5.41) is 6.78. The maximum Gasteiger partial charge on any atom is 0.239 e. The maximum atomic E-state index is 12.0. The molecule has 0 aromatic carbocycles. The molecular weight excluding hydrogens is 230 g/mol. The molecule has 5 N–H and O–H groups in total. The van der Waals surface area contributed by atoms with E-state index >= 15 is 0 Å². The number of carbonyl (C=O) groups excluding carboxylic acids is 1. The van der Waals surface area contributed by atoms with Crippen LogP contribution in [-0.4, -0.2) is 40.6 Å². The van der Waals surface area contributed by atoms with Gasteiger partial charge in [0.15, 0.2) is 0 Å². The lowest BCUT2D eigenvalue weighted by Gasteiger charge is -2.21. The third kappa shape index (κ3) is 4.12. The Morgan fingerprint density at radius 2 is 2.28 bits per heavy atom. The van der Waals surface area contributed by atoms with Crippen LogP contribution in [0, 0.1) is 6.92 Å². The molecule has 102 valence electrons. The minimum atomic E-state index is -0.436. The standard InChI is InChI=1S/C12H23N5O/c1-9-10(7-15-16-9)8-17(2)12(18)11(14)5-3-4-6-13/h7,11H,3-6,8,13-14H2,1-2H3,(H,15,16)/t11-/m0/s1. The van der Waals surface area contributed by atoms with Crippen molar-refractivity contribution >= 4 is 5.91 Å². The number of unbranched alkanes of at least 4 members (excludes halogenated alkanes) is 1. The van der Waals surface area contributed by atoms with Gasteiger partial charge in [-0.2, -0.15) is 5.10 Å². The number of nitrogens with zero attached hydrogens (tertiary/aromatic N) is 2. The molecule has 0 fully saturated rings. The number of nitrogens with one attached hydrogen (secondary N) is 1. The number of hydrogen-bond donors (Lipinski definition) is 3. The van der Waals surface area contributed by atoms with Crippen LogP contribution in [0.4, 0.5) is 0 Å². The van der Waals surface area contributed by atoms with E-state index in [1.807, 2.05) is 6.92 Å². The largest absolute Gasteiger partial charge is 0.340 e. The molecule has 18 heavy (non-hydrogen) atoms. The summed E-state index contributed by atoms with van der Waals surface area (Å²) in [4.78, 5) is 13.7. The summed E-state index contributed by atoms with van der Waals surface area (Å²) >= 11 is 0. The zero-order valence-corrected chi connectivity index (χ0v) is 11.1. The fraction of sp³-hybridized carbons (Fsp3) is 0.667. The van der Waals surface area contributed by atoms with E-state index in [0.29, 0.717) is 19.5 Å². The predicted molar refractivity (Wildman–Crippen MR) is 70.7 cm³/mol. The lowest BCUT2D eigenvalue weighted by molar-refractivity contribution is -0.132. The molecule has 6 nitrogen and oxygen atoms in total. The molecule has 0 aliphatic carbocycles. The van der Waals surface area contributed by atoms with Gasteiger partial charge < -0.3 is 16.4 Å². The number of likely N-dealkylation sites (N-methyl/N-ethyl adjacent to an activating group) is 1. The normalized spacial score (nSPS) is 12.4. The van der Waals surface area contributed by atoms with Crippen LogP contribution in [0.15, 0.2) is 6.20 Å². The molecule has 1 atom stereocenters. The lowest BCUT2D eigenvalue weighted by atomic mass is 10.1. The minimum Gasteiger partial charge on any atom is -0.340 e. The Bertz CT molecular complexity index is 376. The summed E-state index contributed by atoms with van der Waals surface area (Å²) in [6, 6.07) is -0.436. The fourth-order valence-corrected chi connectivity index (χ4v) is 1.78. The molecular formula is C12H23N5O. The van der Waals surface area contributed by atoms with E-state index in [9.17, 15) is 4.79 Å². The van der Waals surface area contributed by atoms with E-state index in [-0.39, 0.29) is 5.91 Å². The highest BCUT2D eigenvalue weighted by molar-refractivity contribution is 5.81. The number of nitrogens with two attached hydrogens (primary N) is 2. The summed E-state index contributed by atoms with van der Waals surface area (Å²) in [6.45, 7) is 3.11. The van der Waals surface area contributed by atoms with Crippen LogP contribution in [0.25, 0.3) is 0 Å². The van der Waals surface area contributed by atoms with Gasteiger partial charge in [-0.15, -0.1) is 0 Å². The highest BCUT2D eigenvalue weighted by Crippen LogP contribution is 2.08. The first-order chi connectivity index (χ1) is 8.56. The van der Waals surface area contributed by atoms with Gasteiger partial charge in [0, 0.05) is 24.8 Å². The quantitative estimate of drug-likeness (QED) is 0.601. The van der Waals surface area contributed by atoms with E-state index < -0.39 is 6.04 Å². The Morgan fingerprint density at radius 1 is 1.56 bits per heavy atom. The number of aromatic nitrogens is 2. The van der Waals surface area contributed by atoms with Crippen molar-refractivity contribution in [3.8, 4) is 0 Å². The summed E-state index contributed by atoms with van der Waals surface area (Å²) in [7, 11) is 1.76. The van der Waals surface area contributed by atoms with Gasteiger partial charge in [0.2, 0.25) is 5.91 Å². The third-order valence-electron chi connectivity index (χ3n) is 3.00. The second kappa shape index (κ2) is 7.13. The molecule has 0 spiro atoms. The summed E-state index contributed by atoms with van der Waals surface area (Å²) in [5.74, 6) is -0.0346. The first-order valence-electron chi connectivity index (χ1n) is 6.25. The van der Waals surface area contributed by atoms with Crippen molar-refractivity contribution in [1.29, 1.82) is 0 Å². The Kier molecular flexibility index (Phi) is 5.80. The van der Waals surface area contributed by atoms with Crippen LogP contribution in [0.5, 0.6) is 0 Å². The lowest BCUT2D eigenvalue weighted by Crippen LogP contribution is -2.41. The van der Waals surface area contributed by atoms with Crippen molar-refractivity contribution in [1.82, 2.24) is 15.1 Å². The van der Waals surface area contributed by atoms with Gasteiger partial charge >= 0.3 is 0 Å². The average molecular weight is 253 g/mol. The number of aromatic amines is 1. The number of H-pyrrole nitrogens is 1. The van der Waals surface area contributed by atoms with E-state index in [1.54, 1.807) is 18.1 Å². The van der Waals surface area contributed by atoms with Crippen LogP contribution < -0.4 is 11.5 Å². The smallest absolute Gasteiger partial charge is 0.239 e. The highest BCUT2D eigenvalue weighted by atomic mass is 16.2. The van der Waals surface area contributed by atoms with Gasteiger partial charge in [-0.05, 0) is 26.3 Å². The number of amides is 1. The molecule has 0 saturated heterocycles. The zero-order chi connectivity index (χ0) is 13.5. The first kappa shape index (κ1) is 14.7. The van der Waals surface area contributed by atoms with Gasteiger partial charge in [-0.3, -0.25) is 9.89 Å². The maximum absolute atomic E-state index is 12.0. The number of rotatable bonds is 7. The predicted octanol–water partition coefficient (Wildman–Crippen LogP) is 0.133. The summed E-state index contributed by atoms with van der Waals surface area (Å²) < 4.78 is 0. The molecule has 1 rings (SSSR count). The van der Waals surface area contributed by atoms with E-state index in [1.165, 1.54) is 0 Å². The van der Waals surface area contributed by atoms with Gasteiger partial charge in [-0.25, -0.2) is 0 Å². The van der Waals surface area contributed by atoms with Crippen molar-refractivity contribution < 1.29 is 4.79 Å². The molecule has 0 saturated carbocycles. The van der Waals surface area contributed by atoms with Crippen molar-refractivity contribution in [3.63, 3.8) is 0 Å². The molecule has 6 heteroatoms. The molecule has 0 aliphatic rings. The average Bonchev–Trinajstić information content (AvgIpc) is 2.74. The van der Waals surface area contributed by atoms with Gasteiger partial charge in [0.1, 0.15) is 0 Å². The second-order valence-electron chi connectivity index (χ2n) is 4.61. The topological polar surface area (TPSA) is 101 Å². The molecule has 0 radical (unpaired) electrons. The number of carbonyl (C=O) groups is 1. The Labute approximate surface area is 108 Å². The number of aryl methyl sites for hydroxylation is 1. The Morgan fingerprint density at radius 3 is 2.83 bits per heavy atom. The number of hydrogen-bond acceptors (Lipinski definition) is 4. The first-order valence-corrected chi connectivity index (χ1v) is 6.25. The molecule has 1 heterocycles. The van der Waals surface area contributed by atoms with Crippen molar-refractivity contribution in [2.45, 2.75) is 38.8 Å². The van der Waals surface area contributed by atoms with Crippen molar-refractivity contribution in [2.75, 3.05) is 13.6 Å². The van der Waals surface area contributed by atoms with Crippen molar-refractivity contribution in [2.24, 2.45) is 11.5 Å². The van der Waals surface area contributed by atoms with Gasteiger partial charge in [-0.1, -0.05) is 6.42 Å². The second-order valence-corrected chi connectivity index (χ2v) is 4.61. The van der Waals surface area contributed by atoms with Crippen LogP contribution in [-0.2, 0) is 11.3 Å². The molecule has 1 aromatic rings. The van der Waals surface area contributed by atoms with Crippen LogP contribution in [0.1, 0.15) is 30.5 Å². The molecule has 0 bridgehead atoms. The van der Waals surface area contributed by atoms with Gasteiger partial charge in [0.25, 0.3) is 0 Å². The van der Waals surface area contributed by atoms with E-state index in [2.05, 4.69) is 10.2 Å². The van der Waals surface area contributed by atoms with Crippen molar-refractivity contribution in [3.05, 3.63) is 17.5 Å². The van der Waals surface area contributed by atoms with Gasteiger partial charge in [0.05, 0.1) is 12.2 Å². The monoisotopic (exact) mass is 253 g/mol. The molecule has 1 aromatic heterocycles. The zero-order valence-electron chi connectivity index (χ0n) is 11.1. The van der Waals surface area contributed by atoms with E-state index in [0.717, 1.165) is 24.1 Å². The van der Waals surface area contributed by atoms with Crippen LogP contribution >= 0.6 is 0 Å². The molecule has 0 aliphatic heterocycles. The Hall–Kier alpha value is -1.40. The fourth-order valence-electron chi connectivity index (χ4n) is 1.78. The van der Waals surface area contributed by atoms with E-state index in [4.69, 9.17) is 11.5 Å². The summed E-state index contributed by atoms with van der Waals surface area (Å²) in [5.41, 5.74) is 13.3. The SMILES string of the molecule is Cc1[nH]ncc1CN(C)C(=O)[C@@H](N)CCCCN. The highest BCUT2D eigenvalue weighted by Gasteiger charge is 2.18. The Balaban J connectivity index is 2.43.